The number of benzene rings is 1. The number of methoxy groups -OCH3 is 1. The van der Waals surface area contributed by atoms with Crippen LogP contribution in [0.15, 0.2) is 65.5 Å². The van der Waals surface area contributed by atoms with Crippen LogP contribution in [-0.2, 0) is 13.1 Å². The predicted octanol–water partition coefficient (Wildman–Crippen LogP) is 4.76. The zero-order chi connectivity index (χ0) is 22.8. The fraction of sp³-hybridized carbons (Fsp3) is 0.308. The summed E-state index contributed by atoms with van der Waals surface area (Å²) in [5, 5.41) is 10.7. The van der Waals surface area contributed by atoms with Gasteiger partial charge in [0.25, 0.3) is 0 Å². The first-order chi connectivity index (χ1) is 16.1. The van der Waals surface area contributed by atoms with E-state index in [2.05, 4.69) is 26.7 Å². The Balaban J connectivity index is 1.30. The Morgan fingerprint density at radius 2 is 2.03 bits per heavy atom. The van der Waals surface area contributed by atoms with Crippen LogP contribution in [0.2, 0.25) is 0 Å². The second-order valence-corrected chi connectivity index (χ2v) is 8.56. The molecule has 7 heteroatoms. The maximum Gasteiger partial charge on any atom is 0.339 e. The van der Waals surface area contributed by atoms with Crippen LogP contribution in [0.3, 0.4) is 0 Å². The lowest BCUT2D eigenvalue weighted by atomic mass is 9.89. The van der Waals surface area contributed by atoms with Gasteiger partial charge in [-0.3, -0.25) is 4.90 Å². The van der Waals surface area contributed by atoms with Crippen LogP contribution >= 0.6 is 0 Å². The third-order valence-electron chi connectivity index (χ3n) is 6.50. The molecule has 0 amide bonds. The van der Waals surface area contributed by atoms with Crippen molar-refractivity contribution in [1.82, 2.24) is 14.5 Å². The van der Waals surface area contributed by atoms with Crippen molar-refractivity contribution in [1.29, 1.82) is 0 Å². The highest BCUT2D eigenvalue weighted by Gasteiger charge is 2.25. The van der Waals surface area contributed by atoms with E-state index < -0.39 is 5.97 Å². The molecule has 1 aliphatic rings. The number of piperidine rings is 1. The first-order valence-corrected chi connectivity index (χ1v) is 11.2. The third-order valence-corrected chi connectivity index (χ3v) is 6.50. The summed E-state index contributed by atoms with van der Waals surface area (Å²) in [6.45, 7) is 3.33. The zero-order valence-electron chi connectivity index (χ0n) is 18.6. The van der Waals surface area contributed by atoms with Gasteiger partial charge in [0, 0.05) is 24.3 Å². The third kappa shape index (κ3) is 4.36. The van der Waals surface area contributed by atoms with Gasteiger partial charge < -0.3 is 18.8 Å². The highest BCUT2D eigenvalue weighted by atomic mass is 16.5. The van der Waals surface area contributed by atoms with Gasteiger partial charge in [0.05, 0.1) is 19.9 Å². The lowest BCUT2D eigenvalue weighted by Gasteiger charge is -2.32. The SMILES string of the molecule is COc1ccc(CN2CCC(c3cn(Cc4ccco4)c4ncccc34)CC2)cc1C(=O)O. The summed E-state index contributed by atoms with van der Waals surface area (Å²) < 4.78 is 12.9. The summed E-state index contributed by atoms with van der Waals surface area (Å²) >= 11 is 0. The van der Waals surface area contributed by atoms with Crippen LogP contribution in [0.25, 0.3) is 11.0 Å². The van der Waals surface area contributed by atoms with Gasteiger partial charge in [-0.1, -0.05) is 6.07 Å². The number of nitrogens with zero attached hydrogens (tertiary/aromatic N) is 3. The smallest absolute Gasteiger partial charge is 0.339 e. The summed E-state index contributed by atoms with van der Waals surface area (Å²) in [5.74, 6) is 0.812. The van der Waals surface area contributed by atoms with Crippen LogP contribution in [0, 0.1) is 0 Å². The molecule has 1 saturated heterocycles. The molecule has 0 atom stereocenters. The highest BCUT2D eigenvalue weighted by Crippen LogP contribution is 2.34. The molecule has 5 rings (SSSR count). The Kier molecular flexibility index (Phi) is 5.88. The van der Waals surface area contributed by atoms with Crippen molar-refractivity contribution in [3.05, 3.63) is 83.6 Å². The van der Waals surface area contributed by atoms with E-state index in [1.165, 1.54) is 18.1 Å². The van der Waals surface area contributed by atoms with E-state index in [1.807, 2.05) is 30.5 Å². The van der Waals surface area contributed by atoms with Crippen molar-refractivity contribution in [3.8, 4) is 5.75 Å². The number of furan rings is 1. The van der Waals surface area contributed by atoms with Crippen molar-refractivity contribution in [2.75, 3.05) is 20.2 Å². The summed E-state index contributed by atoms with van der Waals surface area (Å²) in [6, 6.07) is 13.5. The molecule has 0 aliphatic carbocycles. The summed E-state index contributed by atoms with van der Waals surface area (Å²) in [7, 11) is 1.49. The number of pyridine rings is 1. The molecule has 170 valence electrons. The van der Waals surface area contributed by atoms with E-state index in [0.29, 0.717) is 18.2 Å². The highest BCUT2D eigenvalue weighted by molar-refractivity contribution is 5.91. The quantitative estimate of drug-likeness (QED) is 0.442. The Labute approximate surface area is 192 Å². The number of aromatic carboxylic acids is 1. The van der Waals surface area contributed by atoms with E-state index in [0.717, 1.165) is 49.4 Å². The minimum absolute atomic E-state index is 0.210. The normalized spacial score (nSPS) is 15.2. The van der Waals surface area contributed by atoms with Gasteiger partial charge in [0.15, 0.2) is 0 Å². The number of carboxylic acid groups (broad SMARTS) is 1. The number of likely N-dealkylation sites (tertiary alicyclic amines) is 1. The van der Waals surface area contributed by atoms with Crippen LogP contribution in [0.4, 0.5) is 0 Å². The molecule has 1 N–H and O–H groups in total. The lowest BCUT2D eigenvalue weighted by molar-refractivity contribution is 0.0693. The van der Waals surface area contributed by atoms with Crippen molar-refractivity contribution in [2.45, 2.75) is 31.8 Å². The molecule has 4 heterocycles. The molecular formula is C26H27N3O4. The average molecular weight is 446 g/mol. The van der Waals surface area contributed by atoms with Crippen LogP contribution < -0.4 is 4.74 Å². The monoisotopic (exact) mass is 445 g/mol. The van der Waals surface area contributed by atoms with Crippen LogP contribution in [0.5, 0.6) is 5.75 Å². The number of carbonyl (C=O) groups is 1. The van der Waals surface area contributed by atoms with Crippen molar-refractivity contribution < 1.29 is 19.1 Å². The van der Waals surface area contributed by atoms with E-state index in [-0.39, 0.29) is 5.56 Å². The molecule has 33 heavy (non-hydrogen) atoms. The molecular weight excluding hydrogens is 418 g/mol. The second-order valence-electron chi connectivity index (χ2n) is 8.56. The van der Waals surface area contributed by atoms with Gasteiger partial charge in [-0.2, -0.15) is 0 Å². The Morgan fingerprint density at radius 1 is 1.18 bits per heavy atom. The first kappa shape index (κ1) is 21.3. The van der Waals surface area contributed by atoms with Crippen LogP contribution in [-0.4, -0.2) is 45.7 Å². The molecule has 3 aromatic heterocycles. The minimum Gasteiger partial charge on any atom is -0.496 e. The van der Waals surface area contributed by atoms with E-state index >= 15 is 0 Å². The first-order valence-electron chi connectivity index (χ1n) is 11.2. The van der Waals surface area contributed by atoms with E-state index in [9.17, 15) is 9.90 Å². The van der Waals surface area contributed by atoms with Crippen molar-refractivity contribution in [3.63, 3.8) is 0 Å². The lowest BCUT2D eigenvalue weighted by Crippen LogP contribution is -2.32. The maximum absolute atomic E-state index is 11.5. The van der Waals surface area contributed by atoms with Gasteiger partial charge >= 0.3 is 5.97 Å². The molecule has 0 radical (unpaired) electrons. The molecule has 0 spiro atoms. The second kappa shape index (κ2) is 9.11. The Bertz CT molecular complexity index is 1250. The zero-order valence-corrected chi connectivity index (χ0v) is 18.6. The van der Waals surface area contributed by atoms with Crippen molar-refractivity contribution in [2.24, 2.45) is 0 Å². The molecule has 1 aliphatic heterocycles. The number of ether oxygens (including phenoxy) is 1. The number of rotatable bonds is 7. The van der Waals surface area contributed by atoms with Gasteiger partial charge in [0.2, 0.25) is 0 Å². The molecule has 0 bridgehead atoms. The van der Waals surface area contributed by atoms with Gasteiger partial charge in [-0.05, 0) is 79.4 Å². The van der Waals surface area contributed by atoms with Gasteiger partial charge in [-0.25, -0.2) is 9.78 Å². The molecule has 0 unspecified atom stereocenters. The topological polar surface area (TPSA) is 80.7 Å². The Morgan fingerprint density at radius 3 is 2.76 bits per heavy atom. The largest absolute Gasteiger partial charge is 0.496 e. The number of aromatic nitrogens is 2. The number of carboxylic acids is 1. The maximum atomic E-state index is 11.5. The summed E-state index contributed by atoms with van der Waals surface area (Å²) in [5.41, 5.74) is 3.54. The fourth-order valence-corrected chi connectivity index (χ4v) is 4.85. The van der Waals surface area contributed by atoms with Gasteiger partial charge in [-0.15, -0.1) is 0 Å². The number of hydrogen-bond acceptors (Lipinski definition) is 5. The molecule has 1 fully saturated rings. The number of hydrogen-bond donors (Lipinski definition) is 1. The number of fused-ring (bicyclic) bond motifs is 1. The molecule has 1 aromatic carbocycles. The molecule has 7 nitrogen and oxygen atoms in total. The average Bonchev–Trinajstić information content (AvgIpc) is 3.48. The van der Waals surface area contributed by atoms with E-state index in [1.54, 1.807) is 18.4 Å². The van der Waals surface area contributed by atoms with Crippen LogP contribution in [0.1, 0.15) is 46.0 Å². The summed E-state index contributed by atoms with van der Waals surface area (Å²) in [4.78, 5) is 18.6. The molecule has 4 aromatic rings. The minimum atomic E-state index is -0.966. The van der Waals surface area contributed by atoms with Crippen molar-refractivity contribution >= 4 is 17.0 Å². The van der Waals surface area contributed by atoms with Gasteiger partial charge in [0.1, 0.15) is 22.7 Å². The molecule has 0 saturated carbocycles. The Hall–Kier alpha value is -3.58. The standard InChI is InChI=1S/C26H27N3O4/c1-32-24-7-6-18(14-22(24)26(30)31)15-28-11-8-19(9-12-28)23-17-29(16-20-4-3-13-33-20)25-21(23)5-2-10-27-25/h2-7,10,13-14,17,19H,8-9,11-12,15-16H2,1H3,(H,30,31). The predicted molar refractivity (Wildman–Crippen MR) is 125 cm³/mol. The van der Waals surface area contributed by atoms with E-state index in [4.69, 9.17) is 9.15 Å². The fourth-order valence-electron chi connectivity index (χ4n) is 4.85. The summed E-state index contributed by atoms with van der Waals surface area (Å²) in [6.07, 6.45) is 7.89.